The average Bonchev–Trinajstić information content (AvgIpc) is 2.83. The summed E-state index contributed by atoms with van der Waals surface area (Å²) in [7, 11) is 3.31. The summed E-state index contributed by atoms with van der Waals surface area (Å²) in [5.74, 6) is 0.581. The quantitative estimate of drug-likeness (QED) is 0.377. The Balaban J connectivity index is 1.59. The van der Waals surface area contributed by atoms with E-state index in [1.54, 1.807) is 20.3 Å². The molecule has 2 atom stereocenters. The number of ether oxygens (including phenoxy) is 3. The van der Waals surface area contributed by atoms with Crippen molar-refractivity contribution < 1.29 is 19.3 Å². The molecule has 0 bridgehead atoms. The fourth-order valence-corrected chi connectivity index (χ4v) is 5.14. The number of benzene rings is 4. The lowest BCUT2D eigenvalue weighted by Gasteiger charge is -2.33. The standard InChI is InChI=1S/C27H25ClO4/c1-30-24-13-19-18-10-8-17-9-11-23(29)27(31-2)26(17)21(18)12-22(28)20(19)14-25(24)32-15-16-6-4-3-5-7-16/h3-12,24-25,29H,13-15H2,1-2H3. The maximum atomic E-state index is 10.3. The lowest BCUT2D eigenvalue weighted by Crippen LogP contribution is -2.38. The van der Waals surface area contributed by atoms with Crippen LogP contribution in [0.3, 0.4) is 0 Å². The molecule has 4 nitrogen and oxygen atoms in total. The van der Waals surface area contributed by atoms with E-state index in [2.05, 4.69) is 24.3 Å². The third-order valence-corrected chi connectivity index (χ3v) is 6.78. The van der Waals surface area contributed by atoms with Crippen LogP contribution in [0.4, 0.5) is 0 Å². The Kier molecular flexibility index (Phi) is 5.68. The predicted molar refractivity (Wildman–Crippen MR) is 128 cm³/mol. The highest BCUT2D eigenvalue weighted by Crippen LogP contribution is 2.43. The third kappa shape index (κ3) is 3.58. The smallest absolute Gasteiger partial charge is 0.168 e. The maximum absolute atomic E-state index is 10.3. The summed E-state index contributed by atoms with van der Waals surface area (Å²) < 4.78 is 17.7. The van der Waals surface area contributed by atoms with Gasteiger partial charge in [-0.15, -0.1) is 0 Å². The summed E-state index contributed by atoms with van der Waals surface area (Å²) in [4.78, 5) is 0. The Labute approximate surface area is 192 Å². The molecule has 0 aromatic heterocycles. The number of phenolic OH excluding ortho intramolecular Hbond substituents is 1. The highest BCUT2D eigenvalue weighted by molar-refractivity contribution is 6.33. The van der Waals surface area contributed by atoms with E-state index < -0.39 is 0 Å². The van der Waals surface area contributed by atoms with Gasteiger partial charge in [0.25, 0.3) is 0 Å². The van der Waals surface area contributed by atoms with Gasteiger partial charge >= 0.3 is 0 Å². The van der Waals surface area contributed by atoms with E-state index in [1.165, 1.54) is 5.56 Å². The zero-order valence-corrected chi connectivity index (χ0v) is 18.9. The molecular formula is C27H25ClO4. The van der Waals surface area contributed by atoms with Crippen LogP contribution in [0.25, 0.3) is 21.5 Å². The zero-order valence-electron chi connectivity index (χ0n) is 18.1. The van der Waals surface area contributed by atoms with Crippen molar-refractivity contribution in [3.8, 4) is 11.5 Å². The van der Waals surface area contributed by atoms with Crippen molar-refractivity contribution in [3.63, 3.8) is 0 Å². The Morgan fingerprint density at radius 1 is 0.906 bits per heavy atom. The number of hydrogen-bond acceptors (Lipinski definition) is 4. The summed E-state index contributed by atoms with van der Waals surface area (Å²) in [5, 5.41) is 15.0. The fraction of sp³-hybridized carbons (Fsp3) is 0.259. The van der Waals surface area contributed by atoms with E-state index >= 15 is 0 Å². The van der Waals surface area contributed by atoms with Gasteiger partial charge in [0.1, 0.15) is 0 Å². The molecule has 0 saturated heterocycles. The first-order valence-corrected chi connectivity index (χ1v) is 11.1. The van der Waals surface area contributed by atoms with E-state index in [1.807, 2.05) is 30.3 Å². The monoisotopic (exact) mass is 448 g/mol. The van der Waals surface area contributed by atoms with Crippen molar-refractivity contribution >= 4 is 33.1 Å². The first-order chi connectivity index (χ1) is 15.6. The zero-order chi connectivity index (χ0) is 22.2. The molecule has 0 saturated carbocycles. The maximum Gasteiger partial charge on any atom is 0.168 e. The van der Waals surface area contributed by atoms with E-state index in [4.69, 9.17) is 25.8 Å². The van der Waals surface area contributed by atoms with Crippen LogP contribution in [-0.4, -0.2) is 31.5 Å². The Bertz CT molecular complexity index is 1290. The van der Waals surface area contributed by atoms with Crippen LogP contribution in [0, 0.1) is 0 Å². The van der Waals surface area contributed by atoms with Gasteiger partial charge in [-0.2, -0.15) is 0 Å². The van der Waals surface area contributed by atoms with Crippen LogP contribution in [-0.2, 0) is 28.9 Å². The molecule has 1 N–H and O–H groups in total. The second-order valence-electron chi connectivity index (χ2n) is 8.21. The van der Waals surface area contributed by atoms with Crippen LogP contribution in [0.15, 0.2) is 60.7 Å². The number of aromatic hydroxyl groups is 1. The van der Waals surface area contributed by atoms with Crippen molar-refractivity contribution in [1.29, 1.82) is 0 Å². The van der Waals surface area contributed by atoms with Gasteiger partial charge in [-0.3, -0.25) is 0 Å². The molecule has 0 heterocycles. The van der Waals surface area contributed by atoms with E-state index in [9.17, 15) is 5.11 Å². The first kappa shape index (κ1) is 21.1. The summed E-state index contributed by atoms with van der Waals surface area (Å²) in [6.45, 7) is 0.535. The normalized spacial score (nSPS) is 18.1. The molecule has 0 fully saturated rings. The number of rotatable bonds is 5. The van der Waals surface area contributed by atoms with Crippen molar-refractivity contribution in [3.05, 3.63) is 82.4 Å². The average molecular weight is 449 g/mol. The number of fused-ring (bicyclic) bond motifs is 5. The van der Waals surface area contributed by atoms with Crippen molar-refractivity contribution in [2.24, 2.45) is 0 Å². The number of methoxy groups -OCH3 is 2. The predicted octanol–water partition coefficient (Wildman–Crippen LogP) is 6.06. The van der Waals surface area contributed by atoms with Gasteiger partial charge in [-0.1, -0.05) is 60.1 Å². The van der Waals surface area contributed by atoms with Gasteiger partial charge in [0.15, 0.2) is 11.5 Å². The minimum Gasteiger partial charge on any atom is -0.504 e. The van der Waals surface area contributed by atoms with Crippen LogP contribution in [0.2, 0.25) is 5.02 Å². The highest BCUT2D eigenvalue weighted by atomic mass is 35.5. The number of phenols is 1. The molecule has 0 radical (unpaired) electrons. The highest BCUT2D eigenvalue weighted by Gasteiger charge is 2.32. The molecular weight excluding hydrogens is 424 g/mol. The fourth-order valence-electron chi connectivity index (χ4n) is 4.84. The van der Waals surface area contributed by atoms with Gasteiger partial charge in [-0.05, 0) is 45.0 Å². The molecule has 32 heavy (non-hydrogen) atoms. The Morgan fingerprint density at radius 3 is 2.41 bits per heavy atom. The largest absolute Gasteiger partial charge is 0.504 e. The SMILES string of the molecule is COc1c(O)ccc2ccc3c4c(c(Cl)cc3c12)CC(OCc1ccccc1)C(OC)C4. The first-order valence-electron chi connectivity index (χ1n) is 10.7. The van der Waals surface area contributed by atoms with Gasteiger partial charge in [0, 0.05) is 30.4 Å². The number of halogens is 1. The Hall–Kier alpha value is -2.79. The summed E-state index contributed by atoms with van der Waals surface area (Å²) in [6.07, 6.45) is 1.23. The molecule has 164 valence electrons. The molecule has 4 aromatic rings. The van der Waals surface area contributed by atoms with Gasteiger partial charge in [0.05, 0.1) is 25.9 Å². The topological polar surface area (TPSA) is 47.9 Å². The molecule has 1 aliphatic carbocycles. The van der Waals surface area contributed by atoms with Crippen molar-refractivity contribution in [2.45, 2.75) is 31.7 Å². The molecule has 2 unspecified atom stereocenters. The summed E-state index contributed by atoms with van der Waals surface area (Å²) in [6, 6.07) is 19.9. The lowest BCUT2D eigenvalue weighted by molar-refractivity contribution is -0.0670. The molecule has 1 aliphatic rings. The molecule has 0 aliphatic heterocycles. The second kappa shape index (κ2) is 8.62. The minimum atomic E-state index is -0.0818. The van der Waals surface area contributed by atoms with Crippen LogP contribution < -0.4 is 4.74 Å². The molecule has 5 heteroatoms. The lowest BCUT2D eigenvalue weighted by atomic mass is 9.83. The van der Waals surface area contributed by atoms with E-state index in [0.29, 0.717) is 30.2 Å². The third-order valence-electron chi connectivity index (χ3n) is 6.45. The van der Waals surface area contributed by atoms with Crippen LogP contribution >= 0.6 is 11.6 Å². The van der Waals surface area contributed by atoms with Crippen molar-refractivity contribution in [1.82, 2.24) is 0 Å². The Morgan fingerprint density at radius 2 is 1.66 bits per heavy atom. The van der Waals surface area contributed by atoms with Crippen LogP contribution in [0.5, 0.6) is 11.5 Å². The molecule has 4 aromatic carbocycles. The van der Waals surface area contributed by atoms with Crippen molar-refractivity contribution in [2.75, 3.05) is 14.2 Å². The summed E-state index contributed by atoms with van der Waals surface area (Å²) >= 11 is 6.83. The number of hydrogen-bond donors (Lipinski definition) is 1. The second-order valence-corrected chi connectivity index (χ2v) is 8.62. The van der Waals surface area contributed by atoms with Crippen LogP contribution in [0.1, 0.15) is 16.7 Å². The minimum absolute atomic E-state index is 0.0744. The van der Waals surface area contributed by atoms with Gasteiger partial charge < -0.3 is 19.3 Å². The molecule has 0 amide bonds. The van der Waals surface area contributed by atoms with E-state index in [-0.39, 0.29) is 18.0 Å². The molecule has 5 rings (SSSR count). The van der Waals surface area contributed by atoms with Gasteiger partial charge in [-0.25, -0.2) is 0 Å². The van der Waals surface area contributed by atoms with E-state index in [0.717, 1.165) is 32.7 Å². The molecule has 0 spiro atoms. The van der Waals surface area contributed by atoms with Gasteiger partial charge in [0.2, 0.25) is 0 Å². The summed E-state index contributed by atoms with van der Waals surface area (Å²) in [5.41, 5.74) is 3.41.